The Hall–Kier alpha value is -1.28. The molecule has 8 heteroatoms. The third-order valence-corrected chi connectivity index (χ3v) is 7.48. The van der Waals surface area contributed by atoms with Crippen LogP contribution in [0.2, 0.25) is 0 Å². The summed E-state index contributed by atoms with van der Waals surface area (Å²) in [5.41, 5.74) is 0. The Kier molecular flexibility index (Phi) is 7.00. The molecule has 2 aliphatic heterocycles. The molecular weight excluding hydrogens is 382 g/mol. The van der Waals surface area contributed by atoms with E-state index in [0.29, 0.717) is 6.54 Å². The molecule has 1 aliphatic carbocycles. The Morgan fingerprint density at radius 3 is 2.79 bits per heavy atom. The van der Waals surface area contributed by atoms with Crippen molar-refractivity contribution < 1.29 is 0 Å². The largest absolute Gasteiger partial charge is 0.356 e. The lowest BCUT2D eigenvalue weighted by molar-refractivity contribution is 0.0369. The third kappa shape index (κ3) is 5.08. The van der Waals surface area contributed by atoms with E-state index in [-0.39, 0.29) is 0 Å². The highest BCUT2D eigenvalue weighted by atomic mass is 32.2. The van der Waals surface area contributed by atoms with Gasteiger partial charge in [-0.1, -0.05) is 0 Å². The molecule has 3 aliphatic rings. The molecule has 3 heterocycles. The minimum atomic E-state index is 0.584. The maximum absolute atomic E-state index is 4.98. The van der Waals surface area contributed by atoms with Crippen molar-refractivity contribution in [1.82, 2.24) is 29.9 Å². The van der Waals surface area contributed by atoms with Gasteiger partial charge < -0.3 is 14.8 Å². The minimum absolute atomic E-state index is 0.584. The van der Waals surface area contributed by atoms with Crippen LogP contribution in [0.15, 0.2) is 4.99 Å². The lowest BCUT2D eigenvalue weighted by atomic mass is 9.83. The summed E-state index contributed by atoms with van der Waals surface area (Å²) >= 11 is 1.91. The summed E-state index contributed by atoms with van der Waals surface area (Å²) in [6, 6.07) is 1.69. The maximum Gasteiger partial charge on any atom is 0.194 e. The summed E-state index contributed by atoms with van der Waals surface area (Å²) in [4.78, 5) is 10.3. The zero-order chi connectivity index (χ0) is 20.2. The van der Waals surface area contributed by atoms with Crippen molar-refractivity contribution >= 4 is 17.7 Å². The van der Waals surface area contributed by atoms with E-state index in [0.717, 1.165) is 55.2 Å². The number of hydrogen-bond acceptors (Lipinski definition) is 5. The van der Waals surface area contributed by atoms with Gasteiger partial charge in [0.1, 0.15) is 12.4 Å². The SMILES string of the molecule is CSCCCNC(=NCc1nnc(C)n1C)N1CCC2C(CCCN2C2CC2)C1. The van der Waals surface area contributed by atoms with Crippen LogP contribution >= 0.6 is 11.8 Å². The Bertz CT molecular complexity index is 699. The van der Waals surface area contributed by atoms with Gasteiger partial charge >= 0.3 is 0 Å². The third-order valence-electron chi connectivity index (χ3n) is 6.79. The fourth-order valence-electron chi connectivity index (χ4n) is 4.91. The zero-order valence-corrected chi connectivity index (χ0v) is 19.1. The van der Waals surface area contributed by atoms with Crippen molar-refractivity contribution in [2.75, 3.05) is 38.2 Å². The molecule has 2 saturated heterocycles. The molecule has 0 radical (unpaired) electrons. The molecule has 1 aromatic heterocycles. The summed E-state index contributed by atoms with van der Waals surface area (Å²) in [7, 11) is 2.02. The van der Waals surface area contributed by atoms with Crippen LogP contribution < -0.4 is 5.32 Å². The summed E-state index contributed by atoms with van der Waals surface area (Å²) in [6.45, 7) is 7.13. The van der Waals surface area contributed by atoms with E-state index in [9.17, 15) is 0 Å². The fourth-order valence-corrected chi connectivity index (χ4v) is 5.35. The van der Waals surface area contributed by atoms with E-state index < -0.39 is 0 Å². The van der Waals surface area contributed by atoms with Crippen LogP contribution in [0.5, 0.6) is 0 Å². The normalized spacial score (nSPS) is 25.9. The van der Waals surface area contributed by atoms with E-state index >= 15 is 0 Å². The van der Waals surface area contributed by atoms with Gasteiger partial charge in [0.15, 0.2) is 11.8 Å². The number of thioether (sulfide) groups is 1. The van der Waals surface area contributed by atoms with Gasteiger partial charge in [0, 0.05) is 38.8 Å². The number of guanidine groups is 1. The second kappa shape index (κ2) is 9.69. The lowest BCUT2D eigenvalue weighted by Crippen LogP contribution is -2.57. The highest BCUT2D eigenvalue weighted by molar-refractivity contribution is 7.98. The molecule has 29 heavy (non-hydrogen) atoms. The Morgan fingerprint density at radius 1 is 1.21 bits per heavy atom. The first-order chi connectivity index (χ1) is 14.2. The van der Waals surface area contributed by atoms with Crippen LogP contribution in [0.25, 0.3) is 0 Å². The number of rotatable bonds is 7. The molecule has 0 bridgehead atoms. The molecule has 2 atom stereocenters. The van der Waals surface area contributed by atoms with Gasteiger partial charge in [0.25, 0.3) is 0 Å². The molecule has 162 valence electrons. The van der Waals surface area contributed by atoms with Gasteiger partial charge in [-0.15, -0.1) is 10.2 Å². The fraction of sp³-hybridized carbons (Fsp3) is 0.857. The molecule has 1 saturated carbocycles. The van der Waals surface area contributed by atoms with E-state index in [1.54, 1.807) is 0 Å². The van der Waals surface area contributed by atoms with E-state index in [4.69, 9.17) is 4.99 Å². The van der Waals surface area contributed by atoms with Crippen molar-refractivity contribution in [2.24, 2.45) is 18.0 Å². The van der Waals surface area contributed by atoms with Gasteiger partial charge in [-0.3, -0.25) is 4.90 Å². The molecule has 0 amide bonds. The second-order valence-corrected chi connectivity index (χ2v) is 9.79. The summed E-state index contributed by atoms with van der Waals surface area (Å²) in [5, 5.41) is 12.1. The number of aryl methyl sites for hydroxylation is 1. The van der Waals surface area contributed by atoms with E-state index in [1.165, 1.54) is 50.8 Å². The smallest absolute Gasteiger partial charge is 0.194 e. The number of aliphatic imine (C=N–C) groups is 1. The van der Waals surface area contributed by atoms with Crippen molar-refractivity contribution in [3.8, 4) is 0 Å². The van der Waals surface area contributed by atoms with Gasteiger partial charge in [-0.2, -0.15) is 11.8 Å². The standard InChI is InChI=1S/C21H37N7S/c1-16-24-25-20(26(16)2)14-23-21(22-10-5-13-29-3)27-12-9-19-17(15-27)6-4-11-28(19)18-7-8-18/h17-19H,4-15H2,1-3H3,(H,22,23). The number of nitrogens with zero attached hydrogens (tertiary/aromatic N) is 6. The first-order valence-corrected chi connectivity index (χ1v) is 12.7. The number of piperidine rings is 2. The van der Waals surface area contributed by atoms with Gasteiger partial charge in [0.2, 0.25) is 0 Å². The number of fused-ring (bicyclic) bond motifs is 1. The zero-order valence-electron chi connectivity index (χ0n) is 18.3. The van der Waals surface area contributed by atoms with Crippen LogP contribution in [-0.2, 0) is 13.6 Å². The van der Waals surface area contributed by atoms with Crippen LogP contribution in [0, 0.1) is 12.8 Å². The van der Waals surface area contributed by atoms with Crippen LogP contribution in [0.4, 0.5) is 0 Å². The van der Waals surface area contributed by atoms with E-state index in [2.05, 4.69) is 31.6 Å². The lowest BCUT2D eigenvalue weighted by Gasteiger charge is -2.48. The van der Waals surface area contributed by atoms with E-state index in [1.807, 2.05) is 30.3 Å². The summed E-state index contributed by atoms with van der Waals surface area (Å²) < 4.78 is 2.04. The first kappa shape index (κ1) is 21.0. The van der Waals surface area contributed by atoms with Crippen molar-refractivity contribution in [3.63, 3.8) is 0 Å². The summed E-state index contributed by atoms with van der Waals surface area (Å²) in [6.07, 6.45) is 10.2. The average Bonchev–Trinajstić information content (AvgIpc) is 3.54. The number of nitrogens with one attached hydrogen (secondary N) is 1. The maximum atomic E-state index is 4.98. The van der Waals surface area contributed by atoms with Crippen LogP contribution in [0.1, 0.15) is 50.2 Å². The molecule has 4 rings (SSSR count). The quantitative estimate of drug-likeness (QED) is 0.416. The Labute approximate surface area is 179 Å². The topological polar surface area (TPSA) is 61.6 Å². The highest BCUT2D eigenvalue weighted by Crippen LogP contribution is 2.38. The number of likely N-dealkylation sites (tertiary alicyclic amines) is 2. The monoisotopic (exact) mass is 419 g/mol. The predicted octanol–water partition coefficient (Wildman–Crippen LogP) is 2.27. The molecular formula is C21H37N7S. The second-order valence-electron chi connectivity index (χ2n) is 8.81. The Balaban J connectivity index is 1.42. The van der Waals surface area contributed by atoms with Gasteiger partial charge in [0.05, 0.1) is 0 Å². The van der Waals surface area contributed by atoms with Gasteiger partial charge in [-0.05, 0) is 69.9 Å². The molecule has 7 nitrogen and oxygen atoms in total. The molecule has 0 spiro atoms. The molecule has 3 fully saturated rings. The molecule has 1 aromatic rings. The first-order valence-electron chi connectivity index (χ1n) is 11.3. The number of hydrogen-bond donors (Lipinski definition) is 1. The van der Waals surface area contributed by atoms with Crippen molar-refractivity contribution in [1.29, 1.82) is 0 Å². The van der Waals surface area contributed by atoms with Crippen LogP contribution in [0.3, 0.4) is 0 Å². The molecule has 1 N–H and O–H groups in total. The average molecular weight is 420 g/mol. The van der Waals surface area contributed by atoms with Crippen molar-refractivity contribution in [3.05, 3.63) is 11.6 Å². The number of aromatic nitrogens is 3. The minimum Gasteiger partial charge on any atom is -0.356 e. The van der Waals surface area contributed by atoms with Crippen LogP contribution in [-0.4, -0.2) is 80.8 Å². The predicted molar refractivity (Wildman–Crippen MR) is 120 cm³/mol. The Morgan fingerprint density at radius 2 is 2.07 bits per heavy atom. The highest BCUT2D eigenvalue weighted by Gasteiger charge is 2.42. The molecule has 0 aromatic carbocycles. The molecule has 2 unspecified atom stereocenters. The van der Waals surface area contributed by atoms with Gasteiger partial charge in [-0.25, -0.2) is 4.99 Å². The van der Waals surface area contributed by atoms with Crippen molar-refractivity contribution in [2.45, 2.75) is 64.1 Å². The summed E-state index contributed by atoms with van der Waals surface area (Å²) in [5.74, 6) is 4.90.